The van der Waals surface area contributed by atoms with Gasteiger partial charge in [0.05, 0.1) is 0 Å². The second-order valence-corrected chi connectivity index (χ2v) is 6.07. The second-order valence-electron chi connectivity index (χ2n) is 5.22. The van der Waals surface area contributed by atoms with E-state index in [2.05, 4.69) is 46.1 Å². The monoisotopic (exact) mass is 310 g/mol. The first-order valence-corrected chi connectivity index (χ1v) is 7.73. The average molecular weight is 311 g/mol. The number of hydrogen-bond donors (Lipinski definition) is 1. The van der Waals surface area contributed by atoms with Crippen molar-refractivity contribution in [3.8, 4) is 0 Å². The van der Waals surface area contributed by atoms with E-state index in [4.69, 9.17) is 5.73 Å². The molecule has 0 saturated heterocycles. The second kappa shape index (κ2) is 6.58. The van der Waals surface area contributed by atoms with Gasteiger partial charge in [0.2, 0.25) is 0 Å². The Hall–Kier alpha value is -0.540. The van der Waals surface area contributed by atoms with Gasteiger partial charge in [-0.25, -0.2) is 0 Å². The van der Waals surface area contributed by atoms with Crippen LogP contribution >= 0.6 is 15.9 Å². The van der Waals surface area contributed by atoms with E-state index < -0.39 is 0 Å². The molecule has 2 nitrogen and oxygen atoms in total. The number of benzene rings is 1. The summed E-state index contributed by atoms with van der Waals surface area (Å²) in [7, 11) is 2.22. The Labute approximate surface area is 119 Å². The van der Waals surface area contributed by atoms with Crippen molar-refractivity contribution in [1.82, 2.24) is 0 Å². The summed E-state index contributed by atoms with van der Waals surface area (Å²) in [5, 5.41) is 0. The first kappa shape index (κ1) is 13.9. The maximum Gasteiger partial charge on any atom is 0.0377 e. The SMILES string of the molecule is CN(c1ccc(CCN)c(Br)c1)C1CCCCC1. The largest absolute Gasteiger partial charge is 0.372 e. The van der Waals surface area contributed by atoms with Gasteiger partial charge in [0.1, 0.15) is 0 Å². The van der Waals surface area contributed by atoms with Gasteiger partial charge in [-0.05, 0) is 43.5 Å². The van der Waals surface area contributed by atoms with Gasteiger partial charge >= 0.3 is 0 Å². The van der Waals surface area contributed by atoms with Gasteiger partial charge in [0, 0.05) is 23.2 Å². The first-order valence-electron chi connectivity index (χ1n) is 6.93. The molecule has 2 N–H and O–H groups in total. The topological polar surface area (TPSA) is 29.3 Å². The summed E-state index contributed by atoms with van der Waals surface area (Å²) < 4.78 is 1.19. The van der Waals surface area contributed by atoms with Gasteiger partial charge in [-0.1, -0.05) is 41.3 Å². The maximum atomic E-state index is 5.61. The number of rotatable bonds is 4. The summed E-state index contributed by atoms with van der Waals surface area (Å²) in [5.41, 5.74) is 8.23. The van der Waals surface area contributed by atoms with Crippen molar-refractivity contribution >= 4 is 21.6 Å². The lowest BCUT2D eigenvalue weighted by molar-refractivity contribution is 0.427. The molecule has 2 rings (SSSR count). The molecule has 0 bridgehead atoms. The maximum absolute atomic E-state index is 5.61. The van der Waals surface area contributed by atoms with E-state index in [0.717, 1.165) is 6.42 Å². The van der Waals surface area contributed by atoms with Crippen LogP contribution in [0.4, 0.5) is 5.69 Å². The molecule has 1 saturated carbocycles. The quantitative estimate of drug-likeness (QED) is 0.918. The molecule has 1 aliphatic rings. The molecule has 100 valence electrons. The van der Waals surface area contributed by atoms with Gasteiger partial charge in [0.15, 0.2) is 0 Å². The van der Waals surface area contributed by atoms with E-state index in [-0.39, 0.29) is 0 Å². The van der Waals surface area contributed by atoms with E-state index >= 15 is 0 Å². The number of hydrogen-bond acceptors (Lipinski definition) is 2. The zero-order chi connectivity index (χ0) is 13.0. The van der Waals surface area contributed by atoms with Crippen LogP contribution < -0.4 is 10.6 Å². The third kappa shape index (κ3) is 3.27. The summed E-state index contributed by atoms with van der Waals surface area (Å²) >= 11 is 3.66. The number of nitrogens with zero attached hydrogens (tertiary/aromatic N) is 1. The lowest BCUT2D eigenvalue weighted by Gasteiger charge is -2.33. The van der Waals surface area contributed by atoms with Crippen LogP contribution in [0.5, 0.6) is 0 Å². The zero-order valence-electron chi connectivity index (χ0n) is 11.2. The first-order chi connectivity index (χ1) is 8.72. The Morgan fingerprint density at radius 3 is 2.61 bits per heavy atom. The summed E-state index contributed by atoms with van der Waals surface area (Å²) in [6.07, 6.45) is 7.76. The highest BCUT2D eigenvalue weighted by Gasteiger charge is 2.18. The van der Waals surface area contributed by atoms with E-state index in [1.54, 1.807) is 0 Å². The number of nitrogens with two attached hydrogens (primary N) is 1. The normalized spacial score (nSPS) is 16.8. The molecule has 1 aliphatic carbocycles. The fourth-order valence-corrected chi connectivity index (χ4v) is 3.36. The predicted octanol–water partition coefficient (Wildman–Crippen LogP) is 3.72. The Morgan fingerprint density at radius 1 is 1.28 bits per heavy atom. The third-order valence-corrected chi connectivity index (χ3v) is 4.72. The molecule has 0 spiro atoms. The van der Waals surface area contributed by atoms with Crippen LogP contribution in [0.2, 0.25) is 0 Å². The van der Waals surface area contributed by atoms with Crippen LogP contribution in [-0.4, -0.2) is 19.6 Å². The Kier molecular flexibility index (Phi) is 5.07. The fourth-order valence-electron chi connectivity index (χ4n) is 2.79. The Morgan fingerprint density at radius 2 is 2.00 bits per heavy atom. The molecule has 3 heteroatoms. The van der Waals surface area contributed by atoms with Crippen molar-refractivity contribution in [2.45, 2.75) is 44.6 Å². The zero-order valence-corrected chi connectivity index (χ0v) is 12.7. The minimum Gasteiger partial charge on any atom is -0.372 e. The van der Waals surface area contributed by atoms with Gasteiger partial charge in [0.25, 0.3) is 0 Å². The highest BCUT2D eigenvalue weighted by atomic mass is 79.9. The van der Waals surface area contributed by atoms with Crippen molar-refractivity contribution in [1.29, 1.82) is 0 Å². The van der Waals surface area contributed by atoms with Gasteiger partial charge in [-0.3, -0.25) is 0 Å². The Bertz CT molecular complexity index is 386. The molecule has 0 radical (unpaired) electrons. The molecule has 0 heterocycles. The summed E-state index contributed by atoms with van der Waals surface area (Å²) in [6.45, 7) is 0.705. The number of halogens is 1. The highest BCUT2D eigenvalue weighted by molar-refractivity contribution is 9.10. The lowest BCUT2D eigenvalue weighted by atomic mass is 9.94. The molecule has 0 amide bonds. The summed E-state index contributed by atoms with van der Waals surface area (Å²) in [5.74, 6) is 0. The van der Waals surface area contributed by atoms with Crippen LogP contribution in [0.1, 0.15) is 37.7 Å². The van der Waals surface area contributed by atoms with Gasteiger partial charge in [-0.2, -0.15) is 0 Å². The van der Waals surface area contributed by atoms with E-state index in [1.807, 2.05) is 0 Å². The van der Waals surface area contributed by atoms with Crippen LogP contribution in [0.25, 0.3) is 0 Å². The molecule has 1 aromatic rings. The van der Waals surface area contributed by atoms with E-state index in [0.29, 0.717) is 12.6 Å². The minimum absolute atomic E-state index is 0.705. The highest BCUT2D eigenvalue weighted by Crippen LogP contribution is 2.29. The molecule has 1 fully saturated rings. The van der Waals surface area contributed by atoms with Crippen molar-refractivity contribution in [2.24, 2.45) is 5.73 Å². The molecule has 0 aliphatic heterocycles. The molecule has 0 unspecified atom stereocenters. The fraction of sp³-hybridized carbons (Fsp3) is 0.600. The molecular formula is C15H23BrN2. The average Bonchev–Trinajstić information content (AvgIpc) is 2.41. The van der Waals surface area contributed by atoms with E-state index in [1.165, 1.54) is 47.8 Å². The smallest absolute Gasteiger partial charge is 0.0377 e. The summed E-state index contributed by atoms with van der Waals surface area (Å²) in [4.78, 5) is 2.44. The van der Waals surface area contributed by atoms with Crippen LogP contribution in [0.15, 0.2) is 22.7 Å². The standard InChI is InChI=1S/C15H23BrN2/c1-18(13-5-3-2-4-6-13)14-8-7-12(9-10-17)15(16)11-14/h7-8,11,13H,2-6,9-10,17H2,1H3. The predicted molar refractivity (Wildman–Crippen MR) is 82.2 cm³/mol. The Balaban J connectivity index is 2.10. The molecule has 18 heavy (non-hydrogen) atoms. The van der Waals surface area contributed by atoms with Gasteiger partial charge < -0.3 is 10.6 Å². The number of anilines is 1. The van der Waals surface area contributed by atoms with Crippen molar-refractivity contribution in [2.75, 3.05) is 18.5 Å². The summed E-state index contributed by atoms with van der Waals surface area (Å²) in [6, 6.07) is 7.38. The third-order valence-electron chi connectivity index (χ3n) is 3.98. The van der Waals surface area contributed by atoms with Crippen LogP contribution in [-0.2, 0) is 6.42 Å². The van der Waals surface area contributed by atoms with Crippen LogP contribution in [0.3, 0.4) is 0 Å². The minimum atomic E-state index is 0.705. The molecule has 0 aromatic heterocycles. The lowest BCUT2D eigenvalue weighted by Crippen LogP contribution is -2.33. The molecular weight excluding hydrogens is 288 g/mol. The van der Waals surface area contributed by atoms with Crippen LogP contribution in [0, 0.1) is 0 Å². The molecule has 1 aromatic carbocycles. The van der Waals surface area contributed by atoms with Crippen molar-refractivity contribution in [3.63, 3.8) is 0 Å². The molecule has 0 atom stereocenters. The van der Waals surface area contributed by atoms with Gasteiger partial charge in [-0.15, -0.1) is 0 Å². The van der Waals surface area contributed by atoms with E-state index in [9.17, 15) is 0 Å². The van der Waals surface area contributed by atoms with Crippen molar-refractivity contribution in [3.05, 3.63) is 28.2 Å². The van der Waals surface area contributed by atoms with Crippen molar-refractivity contribution < 1.29 is 0 Å².